The van der Waals surface area contributed by atoms with Crippen LogP contribution in [0.1, 0.15) is 54.4 Å². The number of pyridine rings is 1. The number of aromatic amines is 1. The topological polar surface area (TPSA) is 82.2 Å². The Hall–Kier alpha value is -1.62. The van der Waals surface area contributed by atoms with Crippen LogP contribution < -0.4 is 10.9 Å². The Morgan fingerprint density at radius 1 is 1.43 bits per heavy atom. The van der Waals surface area contributed by atoms with Gasteiger partial charge in [-0.3, -0.25) is 9.59 Å². The summed E-state index contributed by atoms with van der Waals surface area (Å²) in [6.07, 6.45) is 7.38. The van der Waals surface area contributed by atoms with Gasteiger partial charge in [0.15, 0.2) is 0 Å². The van der Waals surface area contributed by atoms with E-state index >= 15 is 0 Å². The van der Waals surface area contributed by atoms with E-state index in [0.29, 0.717) is 18.0 Å². The highest BCUT2D eigenvalue weighted by molar-refractivity contribution is 5.95. The molecule has 1 fully saturated rings. The van der Waals surface area contributed by atoms with E-state index in [0.717, 1.165) is 32.1 Å². The summed E-state index contributed by atoms with van der Waals surface area (Å²) in [4.78, 5) is 26.2. The number of aliphatic hydroxyl groups is 1. The van der Waals surface area contributed by atoms with Crippen LogP contribution >= 0.6 is 0 Å². The van der Waals surface area contributed by atoms with E-state index in [1.54, 1.807) is 19.2 Å². The number of nitrogens with one attached hydrogen (secondary N) is 2. The van der Waals surface area contributed by atoms with Gasteiger partial charge in [-0.25, -0.2) is 0 Å². The van der Waals surface area contributed by atoms with Crippen LogP contribution in [0.15, 0.2) is 17.1 Å². The number of aliphatic hydroxyl groups excluding tert-OH is 1. The van der Waals surface area contributed by atoms with Crippen LogP contribution in [0.4, 0.5) is 0 Å². The number of amides is 1. The lowest BCUT2D eigenvalue weighted by Gasteiger charge is -2.27. The van der Waals surface area contributed by atoms with Crippen LogP contribution in [0.25, 0.3) is 0 Å². The number of carbonyl (C=O) groups is 1. The van der Waals surface area contributed by atoms with Gasteiger partial charge in [-0.1, -0.05) is 12.8 Å². The molecule has 21 heavy (non-hydrogen) atoms. The first-order valence-corrected chi connectivity index (χ1v) is 7.74. The van der Waals surface area contributed by atoms with Crippen molar-refractivity contribution in [2.24, 2.45) is 5.92 Å². The van der Waals surface area contributed by atoms with Crippen molar-refractivity contribution in [2.75, 3.05) is 6.54 Å². The Labute approximate surface area is 124 Å². The van der Waals surface area contributed by atoms with E-state index in [9.17, 15) is 14.7 Å². The van der Waals surface area contributed by atoms with Crippen LogP contribution in [-0.4, -0.2) is 28.6 Å². The minimum Gasteiger partial charge on any atom is -0.393 e. The zero-order valence-corrected chi connectivity index (χ0v) is 12.5. The lowest BCUT2D eigenvalue weighted by molar-refractivity contribution is 0.0641. The summed E-state index contributed by atoms with van der Waals surface area (Å²) < 4.78 is 0. The molecule has 0 radical (unpaired) electrons. The Balaban J connectivity index is 1.78. The second-order valence-electron chi connectivity index (χ2n) is 5.87. The number of aryl methyl sites for hydroxylation is 1. The zero-order valence-electron chi connectivity index (χ0n) is 12.5. The fourth-order valence-electron chi connectivity index (χ4n) is 3.04. The van der Waals surface area contributed by atoms with Gasteiger partial charge in [-0.05, 0) is 50.2 Å². The monoisotopic (exact) mass is 292 g/mol. The van der Waals surface area contributed by atoms with Crippen molar-refractivity contribution in [3.8, 4) is 0 Å². The third-order valence-electron chi connectivity index (χ3n) is 4.30. The van der Waals surface area contributed by atoms with Crippen molar-refractivity contribution in [1.82, 2.24) is 10.3 Å². The van der Waals surface area contributed by atoms with E-state index in [2.05, 4.69) is 10.3 Å². The molecular formula is C16H24N2O3. The van der Waals surface area contributed by atoms with Crippen LogP contribution in [-0.2, 0) is 0 Å². The molecule has 3 N–H and O–H groups in total. The minimum atomic E-state index is -0.352. The smallest absolute Gasteiger partial charge is 0.261 e. The fourth-order valence-corrected chi connectivity index (χ4v) is 3.04. The highest BCUT2D eigenvalue weighted by Gasteiger charge is 2.22. The van der Waals surface area contributed by atoms with Gasteiger partial charge in [0.2, 0.25) is 0 Å². The van der Waals surface area contributed by atoms with E-state index < -0.39 is 0 Å². The number of hydrogen-bond donors (Lipinski definition) is 3. The molecule has 0 saturated heterocycles. The molecule has 0 bridgehead atoms. The largest absolute Gasteiger partial charge is 0.393 e. The Morgan fingerprint density at radius 2 is 2.19 bits per heavy atom. The maximum Gasteiger partial charge on any atom is 0.261 e. The maximum absolute atomic E-state index is 12.0. The molecule has 2 unspecified atom stereocenters. The first-order chi connectivity index (χ1) is 10.1. The molecule has 1 aliphatic carbocycles. The van der Waals surface area contributed by atoms with Crippen molar-refractivity contribution in [2.45, 2.75) is 51.6 Å². The van der Waals surface area contributed by atoms with E-state index in [1.165, 1.54) is 6.42 Å². The predicted octanol–water partition coefficient (Wildman–Crippen LogP) is 1.74. The van der Waals surface area contributed by atoms with Crippen LogP contribution in [0.3, 0.4) is 0 Å². The van der Waals surface area contributed by atoms with Crippen molar-refractivity contribution < 1.29 is 9.90 Å². The lowest BCUT2D eigenvalue weighted by atomic mass is 9.83. The van der Waals surface area contributed by atoms with Crippen LogP contribution in [0, 0.1) is 12.8 Å². The molecular weight excluding hydrogens is 268 g/mol. The first kappa shape index (κ1) is 15.8. The van der Waals surface area contributed by atoms with Gasteiger partial charge < -0.3 is 15.4 Å². The maximum atomic E-state index is 12.0. The SMILES string of the molecule is Cc1cc[nH]c(=O)c1C(=O)NCCCC1CCCCC1O. The fraction of sp³-hybridized carbons (Fsp3) is 0.625. The quantitative estimate of drug-likeness (QED) is 0.723. The molecule has 1 saturated carbocycles. The van der Waals surface area contributed by atoms with E-state index in [1.807, 2.05) is 0 Å². The lowest BCUT2D eigenvalue weighted by Crippen LogP contribution is -2.32. The van der Waals surface area contributed by atoms with Gasteiger partial charge >= 0.3 is 0 Å². The third-order valence-corrected chi connectivity index (χ3v) is 4.30. The molecule has 1 amide bonds. The summed E-state index contributed by atoms with van der Waals surface area (Å²) in [5.74, 6) is 0.0380. The molecule has 5 heteroatoms. The van der Waals surface area contributed by atoms with Crippen LogP contribution in [0.2, 0.25) is 0 Å². The van der Waals surface area contributed by atoms with Gasteiger partial charge in [0.25, 0.3) is 11.5 Å². The summed E-state index contributed by atoms with van der Waals surface area (Å²) in [6.45, 7) is 2.29. The Bertz CT molecular complexity index is 539. The highest BCUT2D eigenvalue weighted by Crippen LogP contribution is 2.27. The van der Waals surface area contributed by atoms with E-state index in [-0.39, 0.29) is 23.1 Å². The third kappa shape index (κ3) is 4.17. The van der Waals surface area contributed by atoms with Gasteiger partial charge in [0, 0.05) is 12.7 Å². The number of hydrogen-bond acceptors (Lipinski definition) is 3. The first-order valence-electron chi connectivity index (χ1n) is 7.74. The number of aromatic nitrogens is 1. The van der Waals surface area contributed by atoms with Gasteiger partial charge in [0.1, 0.15) is 5.56 Å². The summed E-state index contributed by atoms with van der Waals surface area (Å²) in [6, 6.07) is 1.72. The van der Waals surface area contributed by atoms with Gasteiger partial charge in [-0.15, -0.1) is 0 Å². The zero-order chi connectivity index (χ0) is 15.2. The average Bonchev–Trinajstić information content (AvgIpc) is 2.45. The number of H-pyrrole nitrogens is 1. The second kappa shape index (κ2) is 7.41. The summed E-state index contributed by atoms with van der Waals surface area (Å²) >= 11 is 0. The standard InChI is InChI=1S/C16H24N2O3/c1-11-8-10-18-16(21)14(11)15(20)17-9-4-6-12-5-2-3-7-13(12)19/h8,10,12-13,19H,2-7,9H2,1H3,(H,17,20)(H,18,21). The van der Waals surface area contributed by atoms with Gasteiger partial charge in [0.05, 0.1) is 6.10 Å². The molecule has 0 spiro atoms. The highest BCUT2D eigenvalue weighted by atomic mass is 16.3. The van der Waals surface area contributed by atoms with Crippen LogP contribution in [0.5, 0.6) is 0 Å². The molecule has 1 heterocycles. The Kier molecular flexibility index (Phi) is 5.56. The second-order valence-corrected chi connectivity index (χ2v) is 5.87. The summed E-state index contributed by atoms with van der Waals surface area (Å²) in [7, 11) is 0. The molecule has 0 aliphatic heterocycles. The normalized spacial score (nSPS) is 22.0. The van der Waals surface area contributed by atoms with Gasteiger partial charge in [-0.2, -0.15) is 0 Å². The van der Waals surface area contributed by atoms with Crippen molar-refractivity contribution in [3.05, 3.63) is 33.7 Å². The molecule has 2 rings (SSSR count). The number of carbonyl (C=O) groups excluding carboxylic acids is 1. The molecule has 2 atom stereocenters. The summed E-state index contributed by atoms with van der Waals surface area (Å²) in [5.41, 5.74) is 0.518. The average molecular weight is 292 g/mol. The Morgan fingerprint density at radius 3 is 2.90 bits per heavy atom. The molecule has 116 valence electrons. The number of rotatable bonds is 5. The van der Waals surface area contributed by atoms with Crippen molar-refractivity contribution in [1.29, 1.82) is 0 Å². The molecule has 1 aliphatic rings. The molecule has 5 nitrogen and oxygen atoms in total. The minimum absolute atomic E-state index is 0.186. The van der Waals surface area contributed by atoms with Crippen molar-refractivity contribution in [3.63, 3.8) is 0 Å². The van der Waals surface area contributed by atoms with E-state index in [4.69, 9.17) is 0 Å². The molecule has 0 aromatic carbocycles. The molecule has 1 aromatic heterocycles. The predicted molar refractivity (Wildman–Crippen MR) is 81.3 cm³/mol. The summed E-state index contributed by atoms with van der Waals surface area (Å²) in [5, 5.41) is 12.7. The van der Waals surface area contributed by atoms with Crippen molar-refractivity contribution >= 4 is 5.91 Å². The molecule has 1 aromatic rings.